The van der Waals surface area contributed by atoms with Crippen LogP contribution in [-0.4, -0.2) is 32.2 Å². The molecule has 1 aliphatic rings. The van der Waals surface area contributed by atoms with Crippen LogP contribution in [0.15, 0.2) is 23.0 Å². The Hall–Kier alpha value is -1.34. The van der Waals surface area contributed by atoms with E-state index in [9.17, 15) is 9.90 Å². The van der Waals surface area contributed by atoms with Crippen molar-refractivity contribution < 1.29 is 10.6 Å². The molecule has 0 bridgehead atoms. The number of aliphatic hydroxyl groups is 1. The number of para-hydroxylation sites is 1. The third-order valence-electron chi connectivity index (χ3n) is 3.73. The van der Waals surface area contributed by atoms with Crippen LogP contribution in [0, 0.1) is 0 Å². The molecule has 0 radical (unpaired) electrons. The van der Waals surface area contributed by atoms with Crippen molar-refractivity contribution in [1.29, 1.82) is 0 Å². The molecule has 0 spiro atoms. The van der Waals surface area contributed by atoms with Crippen LogP contribution in [0.25, 0.3) is 11.0 Å². The van der Waals surface area contributed by atoms with Crippen molar-refractivity contribution in [2.45, 2.75) is 45.0 Å². The van der Waals surface area contributed by atoms with Crippen LogP contribution in [-0.2, 0) is 6.54 Å². The molecule has 7 heteroatoms. The van der Waals surface area contributed by atoms with Crippen LogP contribution in [0.4, 0.5) is 0 Å². The van der Waals surface area contributed by atoms with Crippen LogP contribution in [0.1, 0.15) is 31.9 Å². The Morgan fingerprint density at radius 3 is 2.81 bits per heavy atom. The molecule has 21 heavy (non-hydrogen) atoms. The Kier molecular flexibility index (Phi) is 5.58. The molecule has 3 rings (SSSR count). The topological polar surface area (TPSA) is 102 Å². The van der Waals surface area contributed by atoms with E-state index in [1.54, 1.807) is 4.57 Å². The van der Waals surface area contributed by atoms with Gasteiger partial charge in [-0.05, 0) is 12.5 Å². The number of hydrogen-bond donors (Lipinski definition) is 3. The summed E-state index contributed by atoms with van der Waals surface area (Å²) in [5.41, 5.74) is 2.37. The van der Waals surface area contributed by atoms with E-state index in [1.807, 2.05) is 18.2 Å². The lowest BCUT2D eigenvalue weighted by molar-refractivity contribution is 0.121. The largest absolute Gasteiger partial charge is 0.412 e. The van der Waals surface area contributed by atoms with Gasteiger partial charge in [0.15, 0.2) is 0 Å². The first-order valence-electron chi connectivity index (χ1n) is 6.73. The number of H-pyrrole nitrogens is 1. The standard InChI is InChI=1S/C14H19N3O2.ClH.H2O/c1-8(2)15-11-6-7-17-12-9(13(11)18)4-3-5-10(12)16-14(17)19;;/h3-5,8,11,13,15,18H,6-7H2,1-2H3,(H,16,19);1H;1H2/t11-,13-;;/m1../s1. The molecule has 2 atom stereocenters. The second-order valence-corrected chi connectivity index (χ2v) is 5.49. The van der Waals surface area contributed by atoms with E-state index in [0.717, 1.165) is 23.0 Å². The van der Waals surface area contributed by atoms with Gasteiger partial charge in [-0.2, -0.15) is 0 Å². The predicted octanol–water partition coefficient (Wildman–Crippen LogP) is 0.730. The fourth-order valence-corrected chi connectivity index (χ4v) is 2.95. The molecule has 0 saturated heterocycles. The van der Waals surface area contributed by atoms with E-state index in [-0.39, 0.29) is 29.6 Å². The van der Waals surface area contributed by atoms with Gasteiger partial charge in [-0.15, -0.1) is 12.4 Å². The summed E-state index contributed by atoms with van der Waals surface area (Å²) in [5, 5.41) is 14.0. The van der Waals surface area contributed by atoms with Crippen LogP contribution in [0.2, 0.25) is 0 Å². The number of halogens is 1. The first-order chi connectivity index (χ1) is 9.08. The van der Waals surface area contributed by atoms with Gasteiger partial charge in [0.2, 0.25) is 0 Å². The van der Waals surface area contributed by atoms with Gasteiger partial charge in [0, 0.05) is 24.2 Å². The molecule has 5 N–H and O–H groups in total. The van der Waals surface area contributed by atoms with Crippen LogP contribution < -0.4 is 11.0 Å². The van der Waals surface area contributed by atoms with Gasteiger partial charge in [-0.1, -0.05) is 26.0 Å². The van der Waals surface area contributed by atoms with Gasteiger partial charge in [-0.3, -0.25) is 4.57 Å². The maximum Gasteiger partial charge on any atom is 0.326 e. The van der Waals surface area contributed by atoms with E-state index in [1.165, 1.54) is 0 Å². The summed E-state index contributed by atoms with van der Waals surface area (Å²) < 4.78 is 1.73. The highest BCUT2D eigenvalue weighted by Crippen LogP contribution is 2.29. The number of aryl methyl sites for hydroxylation is 1. The zero-order valence-corrected chi connectivity index (χ0v) is 12.9. The summed E-state index contributed by atoms with van der Waals surface area (Å²) in [7, 11) is 0. The van der Waals surface area contributed by atoms with Crippen molar-refractivity contribution in [3.63, 3.8) is 0 Å². The number of benzene rings is 1. The number of nitrogens with zero attached hydrogens (tertiary/aromatic N) is 1. The summed E-state index contributed by atoms with van der Waals surface area (Å²) >= 11 is 0. The molecule has 0 aliphatic carbocycles. The molecule has 0 unspecified atom stereocenters. The van der Waals surface area contributed by atoms with E-state index < -0.39 is 6.10 Å². The fraction of sp³-hybridized carbons (Fsp3) is 0.500. The van der Waals surface area contributed by atoms with Gasteiger partial charge < -0.3 is 20.9 Å². The molecular formula is C14H22ClN3O3. The van der Waals surface area contributed by atoms with E-state index in [4.69, 9.17) is 0 Å². The number of imidazole rings is 1. The average Bonchev–Trinajstić information content (AvgIpc) is 2.61. The SMILES string of the molecule is CC(C)N[C@@H]1CCn2c(=O)[nH]c3cccc(c32)[C@H]1O.Cl.O. The lowest BCUT2D eigenvalue weighted by Crippen LogP contribution is -2.39. The summed E-state index contributed by atoms with van der Waals surface area (Å²) in [5.74, 6) is 0. The second kappa shape index (κ2) is 6.62. The molecule has 1 aromatic heterocycles. The molecule has 0 fully saturated rings. The lowest BCUT2D eigenvalue weighted by Gasteiger charge is -2.24. The van der Waals surface area contributed by atoms with Gasteiger partial charge >= 0.3 is 5.69 Å². The first-order valence-corrected chi connectivity index (χ1v) is 6.73. The van der Waals surface area contributed by atoms with E-state index in [0.29, 0.717) is 12.6 Å². The third-order valence-corrected chi connectivity index (χ3v) is 3.73. The molecule has 2 heterocycles. The molecule has 118 valence electrons. The monoisotopic (exact) mass is 315 g/mol. The van der Waals surface area contributed by atoms with Crippen LogP contribution >= 0.6 is 12.4 Å². The summed E-state index contributed by atoms with van der Waals surface area (Å²) in [6.45, 7) is 4.74. The minimum atomic E-state index is -0.588. The highest BCUT2D eigenvalue weighted by Gasteiger charge is 2.28. The number of nitrogens with one attached hydrogen (secondary N) is 2. The number of aliphatic hydroxyl groups excluding tert-OH is 1. The summed E-state index contributed by atoms with van der Waals surface area (Å²) in [4.78, 5) is 14.8. The minimum Gasteiger partial charge on any atom is -0.412 e. The molecular weight excluding hydrogens is 294 g/mol. The Balaban J connectivity index is 0.00000110. The first kappa shape index (κ1) is 17.7. The Morgan fingerprint density at radius 1 is 1.43 bits per heavy atom. The van der Waals surface area contributed by atoms with Crippen molar-refractivity contribution in [2.24, 2.45) is 0 Å². The molecule has 1 aliphatic heterocycles. The van der Waals surface area contributed by atoms with Crippen molar-refractivity contribution in [1.82, 2.24) is 14.9 Å². The highest BCUT2D eigenvalue weighted by atomic mass is 35.5. The van der Waals surface area contributed by atoms with E-state index >= 15 is 0 Å². The van der Waals surface area contributed by atoms with Crippen molar-refractivity contribution >= 4 is 23.4 Å². The summed E-state index contributed by atoms with van der Waals surface area (Å²) in [6.07, 6.45) is 0.149. The van der Waals surface area contributed by atoms with Crippen molar-refractivity contribution in [3.05, 3.63) is 34.2 Å². The third kappa shape index (κ3) is 2.98. The second-order valence-electron chi connectivity index (χ2n) is 5.49. The van der Waals surface area contributed by atoms with Gasteiger partial charge in [0.25, 0.3) is 0 Å². The molecule has 0 amide bonds. The smallest absolute Gasteiger partial charge is 0.326 e. The number of aromatic nitrogens is 2. The minimum absolute atomic E-state index is 0. The molecule has 0 saturated carbocycles. The zero-order chi connectivity index (χ0) is 13.6. The molecule has 1 aromatic carbocycles. The number of aromatic amines is 1. The molecule has 2 aromatic rings. The normalized spacial score (nSPS) is 20.8. The average molecular weight is 316 g/mol. The van der Waals surface area contributed by atoms with Gasteiger partial charge in [-0.25, -0.2) is 4.79 Å². The number of rotatable bonds is 2. The maximum absolute atomic E-state index is 11.9. The lowest BCUT2D eigenvalue weighted by atomic mass is 9.99. The predicted molar refractivity (Wildman–Crippen MR) is 85.1 cm³/mol. The van der Waals surface area contributed by atoms with Gasteiger partial charge in [0.1, 0.15) is 0 Å². The Bertz CT molecular complexity index is 665. The maximum atomic E-state index is 11.9. The quantitative estimate of drug-likeness (QED) is 0.761. The number of hydrogen-bond acceptors (Lipinski definition) is 3. The summed E-state index contributed by atoms with van der Waals surface area (Å²) in [6, 6.07) is 5.93. The van der Waals surface area contributed by atoms with Crippen LogP contribution in [0.5, 0.6) is 0 Å². The van der Waals surface area contributed by atoms with Crippen molar-refractivity contribution in [3.8, 4) is 0 Å². The Morgan fingerprint density at radius 2 is 2.14 bits per heavy atom. The van der Waals surface area contributed by atoms with Gasteiger partial charge in [0.05, 0.1) is 17.1 Å². The fourth-order valence-electron chi connectivity index (χ4n) is 2.95. The van der Waals surface area contributed by atoms with Crippen LogP contribution in [0.3, 0.4) is 0 Å². The highest BCUT2D eigenvalue weighted by molar-refractivity contribution is 5.85. The van der Waals surface area contributed by atoms with Crippen molar-refractivity contribution in [2.75, 3.05) is 0 Å². The molecule has 6 nitrogen and oxygen atoms in total. The van der Waals surface area contributed by atoms with E-state index in [2.05, 4.69) is 24.1 Å². The Labute approximate surface area is 128 Å². The zero-order valence-electron chi connectivity index (χ0n) is 12.1.